The molecule has 0 spiro atoms. The first-order valence-electron chi connectivity index (χ1n) is 0. The maximum Gasteiger partial charge on any atom is 2.00 e. The molecule has 0 amide bonds. The van der Waals surface area contributed by atoms with Gasteiger partial charge in [-0.15, -0.1) is 0 Å². The Bertz CT molecular complexity index is 7.51. The molecule has 6 heavy (non-hydrogen) atoms. The summed E-state index contributed by atoms with van der Waals surface area (Å²) in [6, 6.07) is 0. The van der Waals surface area contributed by atoms with E-state index < -0.39 is 0 Å². The zero-order valence-electron chi connectivity index (χ0n) is 2.37. The van der Waals surface area contributed by atoms with Crippen molar-refractivity contribution < 1.29 is 37.8 Å². The van der Waals surface area contributed by atoms with Gasteiger partial charge in [0.25, 0.3) is 0 Å². The van der Waals surface area contributed by atoms with E-state index in [1.165, 1.54) is 0 Å². The molecule has 0 unspecified atom stereocenters. The minimum atomic E-state index is 0. The van der Waals surface area contributed by atoms with Crippen molar-refractivity contribution in [2.45, 2.75) is 0 Å². The maximum absolute atomic E-state index is 0. The van der Waals surface area contributed by atoms with Crippen molar-refractivity contribution in [1.82, 2.24) is 0 Å². The van der Waals surface area contributed by atoms with Gasteiger partial charge in [-0.1, -0.05) is 0 Å². The topological polar surface area (TPSA) is 0 Å². The minimum absolute atomic E-state index is 0. The molecule has 0 aromatic rings. The van der Waals surface area contributed by atoms with E-state index in [0.29, 0.717) is 0 Å². The predicted octanol–water partition coefficient (Wildman–Crippen LogP) is -0.0146. The molecule has 45 valence electrons. The van der Waals surface area contributed by atoms with Crippen LogP contribution in [0.25, 0.3) is 0 Å². The van der Waals surface area contributed by atoms with E-state index in [1.807, 2.05) is 0 Å². The monoisotopic (exact) mass is 371 g/mol. The Morgan fingerprint density at radius 3 is 0.500 bits per heavy atom. The van der Waals surface area contributed by atoms with Gasteiger partial charge in [-0.2, -0.15) is 0 Å². The summed E-state index contributed by atoms with van der Waals surface area (Å²) in [5.74, 6) is 0. The van der Waals surface area contributed by atoms with Crippen LogP contribution >= 0.6 is 0 Å². The molecule has 0 saturated carbocycles. The van der Waals surface area contributed by atoms with Crippen molar-refractivity contribution in [2.24, 2.45) is 0 Å². The third-order valence-corrected chi connectivity index (χ3v) is 0. The second-order valence-electron chi connectivity index (χ2n) is 0. The molecule has 0 bridgehead atoms. The molecule has 0 aromatic heterocycles. The quantitative estimate of drug-likeness (QED) is 0.562. The van der Waals surface area contributed by atoms with Crippen molar-refractivity contribution in [3.05, 3.63) is 0 Å². The fourth-order valence-corrected chi connectivity index (χ4v) is 0. The SMILES string of the molecule is [Co+2].[S-2].[S-2].[S-2].[S-2].[W]. The van der Waals surface area contributed by atoms with Crippen LogP contribution in [0.3, 0.4) is 0 Å². The Labute approximate surface area is 90.8 Å². The van der Waals surface area contributed by atoms with Gasteiger partial charge in [0.05, 0.1) is 0 Å². The van der Waals surface area contributed by atoms with Crippen molar-refractivity contribution in [3.63, 3.8) is 0 Å². The summed E-state index contributed by atoms with van der Waals surface area (Å²) in [5, 5.41) is 0. The Balaban J connectivity index is 0. The van der Waals surface area contributed by atoms with Crippen LogP contribution in [0.1, 0.15) is 0 Å². The van der Waals surface area contributed by atoms with Gasteiger partial charge in [0, 0.05) is 21.1 Å². The van der Waals surface area contributed by atoms with E-state index >= 15 is 0 Å². The Kier molecular flexibility index (Phi) is 602. The first kappa shape index (κ1) is 73.6. The second kappa shape index (κ2) is 49.1. The molecule has 6 heteroatoms. The third-order valence-electron chi connectivity index (χ3n) is 0. The molecule has 0 aliphatic carbocycles. The average molecular weight is 371 g/mol. The van der Waals surface area contributed by atoms with Crippen LogP contribution in [0, 0.1) is 0 Å². The Morgan fingerprint density at radius 2 is 0.500 bits per heavy atom. The van der Waals surface area contributed by atoms with Gasteiger partial charge in [0.1, 0.15) is 0 Å². The van der Waals surface area contributed by atoms with Crippen molar-refractivity contribution in [1.29, 1.82) is 0 Å². The summed E-state index contributed by atoms with van der Waals surface area (Å²) in [6.45, 7) is 0. The van der Waals surface area contributed by atoms with E-state index in [9.17, 15) is 0 Å². The number of hydrogen-bond acceptors (Lipinski definition) is 0. The van der Waals surface area contributed by atoms with E-state index in [4.69, 9.17) is 0 Å². The maximum atomic E-state index is 0. The van der Waals surface area contributed by atoms with Crippen LogP contribution in [0.4, 0.5) is 0 Å². The van der Waals surface area contributed by atoms with Crippen molar-refractivity contribution in [3.8, 4) is 0 Å². The van der Waals surface area contributed by atoms with Crippen LogP contribution in [-0.4, -0.2) is 0 Å². The van der Waals surface area contributed by atoms with E-state index in [2.05, 4.69) is 0 Å². The predicted molar refractivity (Wildman–Crippen MR) is 29.5 cm³/mol. The molecular weight excluding hydrogens is 371 g/mol. The van der Waals surface area contributed by atoms with Crippen LogP contribution in [0.2, 0.25) is 0 Å². The Morgan fingerprint density at radius 1 is 0.500 bits per heavy atom. The summed E-state index contributed by atoms with van der Waals surface area (Å²) in [5.41, 5.74) is 0. The fraction of sp³-hybridized carbons (Fsp3) is 0. The van der Waals surface area contributed by atoms with E-state index in [0.717, 1.165) is 0 Å². The van der Waals surface area contributed by atoms with Gasteiger partial charge in [0.2, 0.25) is 0 Å². The molecule has 1 radical (unpaired) electrons. The van der Waals surface area contributed by atoms with Crippen LogP contribution in [-0.2, 0) is 91.8 Å². The minimum Gasteiger partial charge on any atom is -2.00 e. The average Bonchev–Trinajstić information content (AvgIpc) is 0. The number of rotatable bonds is 0. The van der Waals surface area contributed by atoms with Gasteiger partial charge >= 0.3 is 16.8 Å². The molecule has 0 fully saturated rings. The molecule has 0 aliphatic heterocycles. The first-order valence-corrected chi connectivity index (χ1v) is 0. The van der Waals surface area contributed by atoms with Gasteiger partial charge < -0.3 is 54.0 Å². The zero-order chi connectivity index (χ0) is 0. The van der Waals surface area contributed by atoms with Crippen molar-refractivity contribution in [2.75, 3.05) is 0 Å². The molecule has 0 heterocycles. The van der Waals surface area contributed by atoms with Gasteiger partial charge in [-0.3, -0.25) is 0 Å². The third kappa shape index (κ3) is 30.7. The zero-order valence-corrected chi connectivity index (χ0v) is 9.62. The molecule has 0 atom stereocenters. The normalized spacial score (nSPS) is 0. The Hall–Kier alpha value is 2.59. The molecule has 0 N–H and O–H groups in total. The fourth-order valence-electron chi connectivity index (χ4n) is 0. The van der Waals surface area contributed by atoms with E-state index in [1.54, 1.807) is 0 Å². The molecule has 0 saturated heterocycles. The van der Waals surface area contributed by atoms with Gasteiger partial charge in [0.15, 0.2) is 0 Å². The first-order chi connectivity index (χ1) is 0. The summed E-state index contributed by atoms with van der Waals surface area (Å²) >= 11 is 0. The standard InChI is InChI=1S/Co.4S.W/q+2;4*-2;. The summed E-state index contributed by atoms with van der Waals surface area (Å²) in [6.07, 6.45) is 0. The van der Waals surface area contributed by atoms with Crippen LogP contribution < -0.4 is 0 Å². The summed E-state index contributed by atoms with van der Waals surface area (Å²) in [4.78, 5) is 0. The van der Waals surface area contributed by atoms with Crippen LogP contribution in [0.15, 0.2) is 0 Å². The number of hydrogen-bond donors (Lipinski definition) is 0. The van der Waals surface area contributed by atoms with Crippen molar-refractivity contribution >= 4 is 54.0 Å². The van der Waals surface area contributed by atoms with Crippen LogP contribution in [0.5, 0.6) is 0 Å². The summed E-state index contributed by atoms with van der Waals surface area (Å²) < 4.78 is 0. The molecule has 0 aromatic carbocycles. The smallest absolute Gasteiger partial charge is 2.00 e. The summed E-state index contributed by atoms with van der Waals surface area (Å²) in [7, 11) is 0. The van der Waals surface area contributed by atoms with E-state index in [-0.39, 0.29) is 91.8 Å². The largest absolute Gasteiger partial charge is 2.00 e. The second-order valence-corrected chi connectivity index (χ2v) is 0. The van der Waals surface area contributed by atoms with Gasteiger partial charge in [-0.25, -0.2) is 0 Å². The molecule has 0 rings (SSSR count). The molecular formula is CoS4W-6. The van der Waals surface area contributed by atoms with Gasteiger partial charge in [-0.05, 0) is 0 Å². The molecule has 0 aliphatic rings. The molecule has 0 nitrogen and oxygen atoms in total.